The second-order valence-electron chi connectivity index (χ2n) is 8.00. The SMILES string of the molecule is CCOc1cc(/C=N\NC(=O)C(=O)Nc2c(C)cccc2C)cc(Cl)c1OCC(=O)Nc1ccccc1F. The van der Waals surface area contributed by atoms with E-state index >= 15 is 0 Å². The van der Waals surface area contributed by atoms with E-state index in [1.807, 2.05) is 32.0 Å². The van der Waals surface area contributed by atoms with Gasteiger partial charge in [-0.1, -0.05) is 41.9 Å². The van der Waals surface area contributed by atoms with Crippen molar-refractivity contribution >= 4 is 46.9 Å². The van der Waals surface area contributed by atoms with E-state index in [0.29, 0.717) is 11.3 Å². The number of benzene rings is 3. The number of rotatable bonds is 9. The van der Waals surface area contributed by atoms with Crippen molar-refractivity contribution in [2.45, 2.75) is 20.8 Å². The van der Waals surface area contributed by atoms with E-state index in [4.69, 9.17) is 21.1 Å². The average molecular weight is 541 g/mol. The fraction of sp³-hybridized carbons (Fsp3) is 0.185. The van der Waals surface area contributed by atoms with Gasteiger partial charge in [0.2, 0.25) is 0 Å². The molecule has 9 nitrogen and oxygen atoms in total. The molecule has 0 aliphatic rings. The predicted molar refractivity (Wildman–Crippen MR) is 143 cm³/mol. The van der Waals surface area contributed by atoms with Crippen LogP contribution >= 0.6 is 11.6 Å². The second kappa shape index (κ2) is 13.2. The lowest BCUT2D eigenvalue weighted by Crippen LogP contribution is -2.32. The topological polar surface area (TPSA) is 118 Å². The number of halogens is 2. The Bertz CT molecular complexity index is 1360. The number of hydrazone groups is 1. The van der Waals surface area contributed by atoms with Gasteiger partial charge in [-0.25, -0.2) is 9.82 Å². The molecule has 0 heterocycles. The van der Waals surface area contributed by atoms with Gasteiger partial charge in [0, 0.05) is 5.69 Å². The minimum Gasteiger partial charge on any atom is -0.490 e. The van der Waals surface area contributed by atoms with Crippen molar-refractivity contribution in [3.05, 3.63) is 82.1 Å². The molecular formula is C27H26ClFN4O5. The Morgan fingerprint density at radius 2 is 1.68 bits per heavy atom. The van der Waals surface area contributed by atoms with E-state index in [1.54, 1.807) is 13.0 Å². The zero-order valence-corrected chi connectivity index (χ0v) is 21.7. The largest absolute Gasteiger partial charge is 0.490 e. The molecule has 0 atom stereocenters. The molecule has 0 spiro atoms. The smallest absolute Gasteiger partial charge is 0.329 e. The average Bonchev–Trinajstić information content (AvgIpc) is 2.87. The molecule has 0 aliphatic carbocycles. The number of nitrogens with one attached hydrogen (secondary N) is 3. The fourth-order valence-corrected chi connectivity index (χ4v) is 3.62. The van der Waals surface area contributed by atoms with Crippen LogP contribution < -0.4 is 25.5 Å². The van der Waals surface area contributed by atoms with Crippen LogP contribution in [0, 0.1) is 19.7 Å². The molecule has 0 fully saturated rings. The molecule has 198 valence electrons. The van der Waals surface area contributed by atoms with Crippen molar-refractivity contribution in [2.75, 3.05) is 23.8 Å². The van der Waals surface area contributed by atoms with E-state index in [0.717, 1.165) is 11.1 Å². The van der Waals surface area contributed by atoms with Crippen LogP contribution in [0.1, 0.15) is 23.6 Å². The number of para-hydroxylation sites is 2. The van der Waals surface area contributed by atoms with Gasteiger partial charge in [0.25, 0.3) is 5.91 Å². The third-order valence-corrected chi connectivity index (χ3v) is 5.41. The molecule has 0 bridgehead atoms. The zero-order valence-electron chi connectivity index (χ0n) is 20.9. The van der Waals surface area contributed by atoms with Gasteiger partial charge in [-0.2, -0.15) is 5.10 Å². The summed E-state index contributed by atoms with van der Waals surface area (Å²) in [6, 6.07) is 14.2. The summed E-state index contributed by atoms with van der Waals surface area (Å²) in [5.41, 5.74) is 4.81. The molecule has 0 unspecified atom stereocenters. The fourth-order valence-electron chi connectivity index (χ4n) is 3.35. The third-order valence-electron chi connectivity index (χ3n) is 5.13. The highest BCUT2D eigenvalue weighted by atomic mass is 35.5. The number of amides is 3. The van der Waals surface area contributed by atoms with E-state index in [1.165, 1.54) is 36.5 Å². The lowest BCUT2D eigenvalue weighted by molar-refractivity contribution is -0.136. The Morgan fingerprint density at radius 1 is 0.974 bits per heavy atom. The minimum atomic E-state index is -0.958. The Balaban J connectivity index is 1.63. The molecule has 3 N–H and O–H groups in total. The first kappa shape index (κ1) is 28.1. The molecule has 3 aromatic rings. The standard InChI is InChI=1S/C27H26ClFN4O5/c1-4-37-22-13-18(14-30-33-27(36)26(35)32-24-16(2)8-7-9-17(24)3)12-19(28)25(22)38-15-23(34)31-21-11-6-5-10-20(21)29/h5-14H,4,15H2,1-3H3,(H,31,34)(H,32,35)(H,33,36)/b30-14-. The lowest BCUT2D eigenvalue weighted by Gasteiger charge is -2.14. The van der Waals surface area contributed by atoms with Gasteiger partial charge in [0.15, 0.2) is 18.1 Å². The van der Waals surface area contributed by atoms with Crippen LogP contribution in [0.3, 0.4) is 0 Å². The maximum Gasteiger partial charge on any atom is 0.329 e. The van der Waals surface area contributed by atoms with Gasteiger partial charge in [-0.15, -0.1) is 0 Å². The third kappa shape index (κ3) is 7.53. The van der Waals surface area contributed by atoms with Crippen LogP contribution in [-0.2, 0) is 14.4 Å². The first-order valence-electron chi connectivity index (χ1n) is 11.5. The minimum absolute atomic E-state index is 0.0218. The molecule has 3 rings (SSSR count). The number of nitrogens with zero attached hydrogens (tertiary/aromatic N) is 1. The summed E-state index contributed by atoms with van der Waals surface area (Å²) in [6.07, 6.45) is 1.27. The maximum atomic E-state index is 13.8. The molecule has 11 heteroatoms. The van der Waals surface area contributed by atoms with Gasteiger partial charge >= 0.3 is 11.8 Å². The van der Waals surface area contributed by atoms with Crippen molar-refractivity contribution in [3.8, 4) is 11.5 Å². The summed E-state index contributed by atoms with van der Waals surface area (Å²) >= 11 is 6.34. The molecule has 0 aliphatic heterocycles. The number of carbonyl (C=O) groups is 3. The number of carbonyl (C=O) groups excluding carboxylic acids is 3. The van der Waals surface area contributed by atoms with E-state index in [-0.39, 0.29) is 28.8 Å². The van der Waals surface area contributed by atoms with Crippen LogP contribution in [0.15, 0.2) is 59.7 Å². The molecule has 38 heavy (non-hydrogen) atoms. The van der Waals surface area contributed by atoms with E-state index in [2.05, 4.69) is 21.2 Å². The van der Waals surface area contributed by atoms with Gasteiger partial charge in [0.05, 0.1) is 23.5 Å². The van der Waals surface area contributed by atoms with Crippen molar-refractivity contribution in [2.24, 2.45) is 5.10 Å². The Kier molecular flexibility index (Phi) is 9.78. The highest BCUT2D eigenvalue weighted by Crippen LogP contribution is 2.36. The summed E-state index contributed by atoms with van der Waals surface area (Å²) in [6.45, 7) is 5.21. The Labute approximate surface area is 224 Å². The van der Waals surface area contributed by atoms with Gasteiger partial charge < -0.3 is 20.1 Å². The molecule has 0 saturated heterocycles. The quantitative estimate of drug-likeness (QED) is 0.208. The maximum absolute atomic E-state index is 13.8. The summed E-state index contributed by atoms with van der Waals surface area (Å²) in [7, 11) is 0. The highest BCUT2D eigenvalue weighted by Gasteiger charge is 2.17. The molecule has 3 amide bonds. The second-order valence-corrected chi connectivity index (χ2v) is 8.41. The van der Waals surface area contributed by atoms with Crippen LogP contribution in [0.5, 0.6) is 11.5 Å². The summed E-state index contributed by atoms with van der Waals surface area (Å²) in [4.78, 5) is 36.7. The van der Waals surface area contributed by atoms with Crippen LogP contribution in [-0.4, -0.2) is 37.1 Å². The molecule has 0 saturated carbocycles. The van der Waals surface area contributed by atoms with Crippen molar-refractivity contribution in [1.29, 1.82) is 0 Å². The Morgan fingerprint density at radius 3 is 2.37 bits per heavy atom. The molecule has 3 aromatic carbocycles. The van der Waals surface area contributed by atoms with E-state index in [9.17, 15) is 18.8 Å². The van der Waals surface area contributed by atoms with Crippen LogP contribution in [0.4, 0.5) is 15.8 Å². The van der Waals surface area contributed by atoms with Gasteiger partial charge in [0.1, 0.15) is 5.82 Å². The van der Waals surface area contributed by atoms with Crippen molar-refractivity contribution in [3.63, 3.8) is 0 Å². The van der Waals surface area contributed by atoms with E-state index < -0.39 is 30.1 Å². The number of aryl methyl sites for hydroxylation is 2. The lowest BCUT2D eigenvalue weighted by atomic mass is 10.1. The number of anilines is 2. The monoisotopic (exact) mass is 540 g/mol. The Hall–Kier alpha value is -4.44. The first-order chi connectivity index (χ1) is 18.2. The van der Waals surface area contributed by atoms with Crippen molar-refractivity contribution in [1.82, 2.24) is 5.43 Å². The summed E-state index contributed by atoms with van der Waals surface area (Å²) in [5, 5.41) is 8.91. The number of hydrogen-bond donors (Lipinski definition) is 3. The predicted octanol–water partition coefficient (Wildman–Crippen LogP) is 4.60. The molecule has 0 aromatic heterocycles. The van der Waals surface area contributed by atoms with Gasteiger partial charge in [-0.05, 0) is 61.7 Å². The van der Waals surface area contributed by atoms with Crippen LogP contribution in [0.25, 0.3) is 0 Å². The highest BCUT2D eigenvalue weighted by molar-refractivity contribution is 6.39. The summed E-state index contributed by atoms with van der Waals surface area (Å²) < 4.78 is 24.9. The zero-order chi connectivity index (χ0) is 27.7. The number of ether oxygens (including phenoxy) is 2. The summed E-state index contributed by atoms with van der Waals surface area (Å²) in [5.74, 6) is -2.68. The normalized spacial score (nSPS) is 10.7. The van der Waals surface area contributed by atoms with Crippen molar-refractivity contribution < 1.29 is 28.2 Å². The van der Waals surface area contributed by atoms with Crippen LogP contribution in [0.2, 0.25) is 5.02 Å². The molecule has 0 radical (unpaired) electrons. The number of hydrogen-bond acceptors (Lipinski definition) is 6. The molecular weight excluding hydrogens is 515 g/mol. The van der Waals surface area contributed by atoms with Gasteiger partial charge in [-0.3, -0.25) is 14.4 Å². The first-order valence-corrected chi connectivity index (χ1v) is 11.9.